The van der Waals surface area contributed by atoms with Gasteiger partial charge in [0.25, 0.3) is 5.91 Å². The molecule has 0 saturated heterocycles. The highest BCUT2D eigenvalue weighted by molar-refractivity contribution is 7.16. The van der Waals surface area contributed by atoms with Crippen LogP contribution in [0.25, 0.3) is 10.2 Å². The molecule has 4 rings (SSSR count). The van der Waals surface area contributed by atoms with E-state index in [-0.39, 0.29) is 11.7 Å². The van der Waals surface area contributed by atoms with E-state index < -0.39 is 0 Å². The van der Waals surface area contributed by atoms with E-state index in [1.54, 1.807) is 50.6 Å². The number of benzene rings is 3. The summed E-state index contributed by atoms with van der Waals surface area (Å²) in [5.74, 6) is 0.719. The quantitative estimate of drug-likeness (QED) is 0.250. The third-order valence-electron chi connectivity index (χ3n) is 5.48. The molecule has 0 saturated carbocycles. The minimum atomic E-state index is -0.389. The molecule has 3 aromatic carbocycles. The van der Waals surface area contributed by atoms with Gasteiger partial charge < -0.3 is 18.8 Å². The third-order valence-corrected chi connectivity index (χ3v) is 6.52. The number of rotatable bonds is 9. The Hall–Kier alpha value is -3.75. The number of carbonyl (C=O) groups is 2. The van der Waals surface area contributed by atoms with Gasteiger partial charge in [-0.3, -0.25) is 9.59 Å². The molecule has 1 amide bonds. The number of carbonyl (C=O) groups excluding carboxylic acids is 2. The fourth-order valence-electron chi connectivity index (χ4n) is 3.67. The van der Waals surface area contributed by atoms with E-state index in [9.17, 15) is 9.59 Å². The summed E-state index contributed by atoms with van der Waals surface area (Å²) in [5.41, 5.74) is 2.39. The number of hydrogen-bond donors (Lipinski definition) is 0. The summed E-state index contributed by atoms with van der Waals surface area (Å²) in [4.78, 5) is 30.6. The lowest BCUT2D eigenvalue weighted by Gasteiger charge is -2.09. The largest absolute Gasteiger partial charge is 0.493 e. The zero-order chi connectivity index (χ0) is 24.8. The maximum Gasteiger partial charge on any atom is 0.279 e. The molecule has 0 aliphatic rings. The monoisotopic (exact) mass is 490 g/mol. The average molecular weight is 491 g/mol. The van der Waals surface area contributed by atoms with Gasteiger partial charge in [-0.1, -0.05) is 53.8 Å². The lowest BCUT2D eigenvalue weighted by molar-refractivity contribution is 0.0993. The Kier molecular flexibility index (Phi) is 7.74. The average Bonchev–Trinajstić information content (AvgIpc) is 3.23. The summed E-state index contributed by atoms with van der Waals surface area (Å²) in [7, 11) is 3.17. The number of aromatic nitrogens is 1. The fraction of sp³-hybridized carbons (Fsp3) is 0.222. The molecule has 180 valence electrons. The van der Waals surface area contributed by atoms with E-state index in [1.165, 1.54) is 11.3 Å². The molecule has 0 N–H and O–H groups in total. The molecule has 1 aromatic heterocycles. The first-order valence-corrected chi connectivity index (χ1v) is 12.0. The molecule has 0 spiro atoms. The Labute approximate surface area is 207 Å². The van der Waals surface area contributed by atoms with E-state index >= 15 is 0 Å². The van der Waals surface area contributed by atoms with Crippen molar-refractivity contribution in [2.45, 2.75) is 13.5 Å². The summed E-state index contributed by atoms with van der Waals surface area (Å²) in [6.45, 7) is 3.54. The van der Waals surface area contributed by atoms with Crippen LogP contribution in [0, 0.1) is 0 Å². The van der Waals surface area contributed by atoms with Gasteiger partial charge in [-0.25, -0.2) is 0 Å². The van der Waals surface area contributed by atoms with Crippen molar-refractivity contribution in [3.63, 3.8) is 0 Å². The van der Waals surface area contributed by atoms with Gasteiger partial charge in [0.2, 0.25) is 0 Å². The maximum atomic E-state index is 13.0. The lowest BCUT2D eigenvalue weighted by Crippen LogP contribution is -2.19. The number of methoxy groups -OCH3 is 2. The highest BCUT2D eigenvalue weighted by Crippen LogP contribution is 2.33. The first-order chi connectivity index (χ1) is 17.0. The number of thiazole rings is 1. The van der Waals surface area contributed by atoms with Crippen molar-refractivity contribution in [1.29, 1.82) is 0 Å². The highest BCUT2D eigenvalue weighted by atomic mass is 32.1. The number of fused-ring (bicyclic) bond motifs is 1. The van der Waals surface area contributed by atoms with Crippen molar-refractivity contribution in [3.05, 3.63) is 88.2 Å². The Bertz CT molecular complexity index is 1410. The van der Waals surface area contributed by atoms with Crippen LogP contribution >= 0.6 is 11.3 Å². The van der Waals surface area contributed by atoms with Crippen LogP contribution in [0.2, 0.25) is 0 Å². The van der Waals surface area contributed by atoms with Gasteiger partial charge in [0, 0.05) is 42.0 Å². The molecular weight excluding hydrogens is 464 g/mol. The van der Waals surface area contributed by atoms with Crippen LogP contribution < -0.4 is 14.3 Å². The Morgan fingerprint density at radius 3 is 2.17 bits per heavy atom. The summed E-state index contributed by atoms with van der Waals surface area (Å²) < 4.78 is 19.3. The molecule has 1 heterocycles. The van der Waals surface area contributed by atoms with Crippen molar-refractivity contribution in [1.82, 2.24) is 4.57 Å². The van der Waals surface area contributed by atoms with Crippen LogP contribution in [0.15, 0.2) is 71.7 Å². The zero-order valence-electron chi connectivity index (χ0n) is 19.8. The predicted octanol–water partition coefficient (Wildman–Crippen LogP) is 4.73. The molecule has 0 unspecified atom stereocenters. The highest BCUT2D eigenvalue weighted by Gasteiger charge is 2.15. The van der Waals surface area contributed by atoms with E-state index in [4.69, 9.17) is 14.2 Å². The molecule has 0 aliphatic heterocycles. The molecule has 0 atom stereocenters. The molecule has 0 bridgehead atoms. The molecule has 0 fully saturated rings. The number of ether oxygens (including phenoxy) is 3. The first kappa shape index (κ1) is 24.4. The molecule has 0 aliphatic carbocycles. The molecule has 8 heteroatoms. The van der Waals surface area contributed by atoms with Gasteiger partial charge in [0.15, 0.2) is 22.1 Å². The Morgan fingerprint density at radius 2 is 1.51 bits per heavy atom. The third kappa shape index (κ3) is 5.34. The fourth-order valence-corrected chi connectivity index (χ4v) is 4.73. The summed E-state index contributed by atoms with van der Waals surface area (Å²) >= 11 is 1.39. The van der Waals surface area contributed by atoms with Gasteiger partial charge in [-0.15, -0.1) is 0 Å². The van der Waals surface area contributed by atoms with E-state index in [0.29, 0.717) is 52.7 Å². The molecular formula is C27H26N2O5S. The lowest BCUT2D eigenvalue weighted by atomic mass is 10.0. The molecule has 0 radical (unpaired) electrons. The van der Waals surface area contributed by atoms with Crippen LogP contribution in [0.1, 0.15) is 33.2 Å². The first-order valence-electron chi connectivity index (χ1n) is 11.2. The van der Waals surface area contributed by atoms with Crippen LogP contribution in [-0.2, 0) is 11.3 Å². The van der Waals surface area contributed by atoms with Crippen LogP contribution in [-0.4, -0.2) is 43.7 Å². The molecule has 35 heavy (non-hydrogen) atoms. The number of amides is 1. The van der Waals surface area contributed by atoms with Gasteiger partial charge >= 0.3 is 0 Å². The Balaban J connectivity index is 1.69. The SMILES string of the molecule is CCOCCn1c(=NC(=O)c2ccc(C(=O)c3ccccc3)cc2)sc2cc(OC)c(OC)cc21. The number of hydrogen-bond acceptors (Lipinski definition) is 6. The summed E-state index contributed by atoms with van der Waals surface area (Å²) in [5, 5.41) is 0. The summed E-state index contributed by atoms with van der Waals surface area (Å²) in [6.07, 6.45) is 0. The number of ketones is 1. The van der Waals surface area contributed by atoms with Gasteiger partial charge in [0.05, 0.1) is 31.0 Å². The topological polar surface area (TPSA) is 79.1 Å². The number of nitrogens with zero attached hydrogens (tertiary/aromatic N) is 2. The van der Waals surface area contributed by atoms with Crippen LogP contribution in [0.5, 0.6) is 11.5 Å². The minimum Gasteiger partial charge on any atom is -0.493 e. The van der Waals surface area contributed by atoms with Crippen molar-refractivity contribution < 1.29 is 23.8 Å². The van der Waals surface area contributed by atoms with E-state index in [1.807, 2.05) is 41.8 Å². The van der Waals surface area contributed by atoms with Gasteiger partial charge in [-0.2, -0.15) is 4.99 Å². The standard InChI is InChI=1S/C27H26N2O5S/c1-4-34-15-14-29-21-16-22(32-2)23(33-3)17-24(21)35-27(29)28-26(31)20-12-10-19(11-13-20)25(30)18-8-6-5-7-9-18/h5-13,16-17H,4,14-15H2,1-3H3. The van der Waals surface area contributed by atoms with Crippen LogP contribution in [0.3, 0.4) is 0 Å². The zero-order valence-corrected chi connectivity index (χ0v) is 20.6. The predicted molar refractivity (Wildman–Crippen MR) is 136 cm³/mol. The molecule has 4 aromatic rings. The van der Waals surface area contributed by atoms with Crippen molar-refractivity contribution in [2.24, 2.45) is 4.99 Å². The second kappa shape index (κ2) is 11.1. The molecule has 7 nitrogen and oxygen atoms in total. The minimum absolute atomic E-state index is 0.0947. The maximum absolute atomic E-state index is 13.0. The van der Waals surface area contributed by atoms with Gasteiger partial charge in [0.1, 0.15) is 0 Å². The summed E-state index contributed by atoms with van der Waals surface area (Å²) in [6, 6.07) is 19.4. The van der Waals surface area contributed by atoms with Crippen LogP contribution in [0.4, 0.5) is 0 Å². The second-order valence-corrected chi connectivity index (χ2v) is 8.61. The van der Waals surface area contributed by atoms with E-state index in [0.717, 1.165) is 10.2 Å². The smallest absolute Gasteiger partial charge is 0.279 e. The van der Waals surface area contributed by atoms with Crippen molar-refractivity contribution in [3.8, 4) is 11.5 Å². The van der Waals surface area contributed by atoms with E-state index in [2.05, 4.69) is 4.99 Å². The van der Waals surface area contributed by atoms with Crippen molar-refractivity contribution in [2.75, 3.05) is 27.4 Å². The Morgan fingerprint density at radius 1 is 0.886 bits per heavy atom. The van der Waals surface area contributed by atoms with Gasteiger partial charge in [-0.05, 0) is 19.1 Å². The second-order valence-electron chi connectivity index (χ2n) is 7.60. The van der Waals surface area contributed by atoms with Crippen molar-refractivity contribution >= 4 is 33.2 Å². The normalized spacial score (nSPS) is 11.6.